The maximum atomic E-state index is 12.3. The molecule has 0 saturated carbocycles. The highest BCUT2D eigenvalue weighted by molar-refractivity contribution is 5.88. The number of nitrogens with two attached hydrogens (primary N) is 1. The molecule has 3 unspecified atom stereocenters. The average Bonchev–Trinajstić information content (AvgIpc) is 2.86. The molecule has 19 nitrogen and oxygen atoms in total. The van der Waals surface area contributed by atoms with Crippen LogP contribution in [0.1, 0.15) is 34.6 Å². The van der Waals surface area contributed by atoms with Gasteiger partial charge < -0.3 is 29.1 Å². The van der Waals surface area contributed by atoms with Gasteiger partial charge in [0.2, 0.25) is 11.9 Å². The van der Waals surface area contributed by atoms with Crippen LogP contribution < -0.4 is 11.3 Å². The first kappa shape index (κ1) is 35.8. The van der Waals surface area contributed by atoms with Crippen molar-refractivity contribution in [3.05, 3.63) is 38.4 Å². The van der Waals surface area contributed by atoms with E-state index in [4.69, 9.17) is 24.8 Å². The molecule has 1 aromatic carbocycles. The molecule has 0 saturated heterocycles. The smallest absolute Gasteiger partial charge is 0.303 e. The van der Waals surface area contributed by atoms with Crippen LogP contribution in [-0.2, 0) is 52.5 Å². The molecule has 19 heteroatoms. The van der Waals surface area contributed by atoms with Gasteiger partial charge in [0, 0.05) is 40.7 Å². The number of nitrogen functional groups attached to an aromatic ring is 1. The highest BCUT2D eigenvalue weighted by atomic mass is 16.6. The lowest BCUT2D eigenvalue weighted by Gasteiger charge is -2.30. The lowest BCUT2D eigenvalue weighted by atomic mass is 10.0. The number of carbonyl (C=O) groups excluding carboxylic acids is 6. The summed E-state index contributed by atoms with van der Waals surface area (Å²) in [4.78, 5) is 87.8. The molecule has 0 radical (unpaired) electrons. The molecule has 1 aromatic rings. The number of anilines is 1. The zero-order valence-corrected chi connectivity index (χ0v) is 22.5. The van der Waals surface area contributed by atoms with Crippen molar-refractivity contribution < 1.29 is 62.3 Å². The number of nitrogens with one attached hydrogen (secondary N) is 1. The van der Waals surface area contributed by atoms with Crippen LogP contribution in [-0.4, -0.2) is 77.0 Å². The minimum atomic E-state index is -1.77. The molecule has 0 aliphatic carbocycles. The average molecular weight is 588 g/mol. The lowest BCUT2D eigenvalue weighted by Crippen LogP contribution is -2.51. The summed E-state index contributed by atoms with van der Waals surface area (Å²) in [6, 6.07) is 3.15. The molecule has 226 valence electrons. The first-order chi connectivity index (χ1) is 19.0. The Morgan fingerprint density at radius 2 is 1.34 bits per heavy atom. The Kier molecular flexibility index (Phi) is 15.2. The second kappa shape index (κ2) is 17.4. The summed E-state index contributed by atoms with van der Waals surface area (Å²) >= 11 is 0. The highest BCUT2D eigenvalue weighted by Gasteiger charge is 2.42. The molecule has 0 spiro atoms. The van der Waals surface area contributed by atoms with Crippen LogP contribution in [0.5, 0.6) is 0 Å². The third kappa shape index (κ3) is 14.0. The summed E-state index contributed by atoms with van der Waals surface area (Å²) in [6.07, 6.45) is -4.87. The van der Waals surface area contributed by atoms with Gasteiger partial charge in [-0.2, -0.15) is 0 Å². The molecule has 0 heterocycles. The SMILES string of the molecule is CC(=O)OCC(=O)C(OC(C)=O)C(OC(C)=O)C(COC(C)=O)OC(C)=O.NNc1ccc([N+](=O)[O-])cc1[N+](=O)[O-]. The number of non-ortho nitro benzene ring substituents is 1. The van der Waals surface area contributed by atoms with E-state index < -0.39 is 82.7 Å². The number of esters is 5. The fourth-order valence-electron chi connectivity index (χ4n) is 2.79. The van der Waals surface area contributed by atoms with Gasteiger partial charge in [0.25, 0.3) is 5.69 Å². The highest BCUT2D eigenvalue weighted by Crippen LogP contribution is 2.27. The Bertz CT molecular complexity index is 1170. The van der Waals surface area contributed by atoms with Crippen molar-refractivity contribution in [2.75, 3.05) is 18.6 Å². The molecule has 3 atom stereocenters. The number of nitro groups is 2. The Hall–Kier alpha value is -5.20. The van der Waals surface area contributed by atoms with E-state index in [1.807, 2.05) is 0 Å². The first-order valence-corrected chi connectivity index (χ1v) is 11.2. The largest absolute Gasteiger partial charge is 0.462 e. The monoisotopic (exact) mass is 588 g/mol. The van der Waals surface area contributed by atoms with Crippen molar-refractivity contribution in [3.63, 3.8) is 0 Å². The normalized spacial score (nSPS) is 12.0. The van der Waals surface area contributed by atoms with Crippen LogP contribution >= 0.6 is 0 Å². The van der Waals surface area contributed by atoms with E-state index in [1.54, 1.807) is 0 Å². The molecule has 0 aromatic heterocycles. The molecule has 0 aliphatic rings. The van der Waals surface area contributed by atoms with E-state index in [-0.39, 0.29) is 11.4 Å². The van der Waals surface area contributed by atoms with E-state index in [9.17, 15) is 49.0 Å². The second-order valence-corrected chi connectivity index (χ2v) is 7.66. The van der Waals surface area contributed by atoms with E-state index in [2.05, 4.69) is 10.2 Å². The molecule has 0 fully saturated rings. The number of rotatable bonds is 13. The van der Waals surface area contributed by atoms with Gasteiger partial charge >= 0.3 is 35.5 Å². The summed E-state index contributed by atoms with van der Waals surface area (Å²) < 4.78 is 24.2. The number of hydrogen-bond acceptors (Lipinski definition) is 17. The van der Waals surface area contributed by atoms with Crippen molar-refractivity contribution in [3.8, 4) is 0 Å². The Morgan fingerprint density at radius 3 is 1.76 bits per heavy atom. The van der Waals surface area contributed by atoms with Crippen molar-refractivity contribution in [1.82, 2.24) is 0 Å². The second-order valence-electron chi connectivity index (χ2n) is 7.66. The summed E-state index contributed by atoms with van der Waals surface area (Å²) in [5, 5.41) is 20.7. The van der Waals surface area contributed by atoms with Crippen LogP contribution in [0.15, 0.2) is 18.2 Å². The van der Waals surface area contributed by atoms with Crippen LogP contribution in [0.2, 0.25) is 0 Å². The number of Topliss-reactive ketones (excluding diaryl/α,β-unsaturated/α-hetero) is 1. The van der Waals surface area contributed by atoms with Crippen LogP contribution in [0, 0.1) is 20.2 Å². The predicted molar refractivity (Wildman–Crippen MR) is 132 cm³/mol. The van der Waals surface area contributed by atoms with E-state index in [0.717, 1.165) is 46.8 Å². The predicted octanol–water partition coefficient (Wildman–Crippen LogP) is 0.265. The summed E-state index contributed by atoms with van der Waals surface area (Å²) in [6.45, 7) is 3.81. The number of nitrogens with zero attached hydrogens (tertiary/aromatic N) is 2. The standard InChI is InChI=1S/C16H22O11.C6H6N4O4/c1-8(17)23-6-13(22)15(26-11(4)20)16(27-12(5)21)14(25-10(3)19)7-24-9(2)18;7-8-5-2-1-4(9(11)12)3-6(5)10(13)14/h14-16H,6-7H2,1-5H3;1-3,8H,7H2. The molecular weight excluding hydrogens is 560 g/mol. The topological polar surface area (TPSA) is 273 Å². The van der Waals surface area contributed by atoms with Gasteiger partial charge in [-0.05, 0) is 6.07 Å². The number of nitro benzene ring substituents is 2. The third-order valence-corrected chi connectivity index (χ3v) is 4.31. The van der Waals surface area contributed by atoms with Crippen LogP contribution in [0.3, 0.4) is 0 Å². The number of ether oxygens (including phenoxy) is 5. The maximum Gasteiger partial charge on any atom is 0.303 e. The van der Waals surface area contributed by atoms with Gasteiger partial charge in [-0.15, -0.1) is 0 Å². The zero-order valence-electron chi connectivity index (χ0n) is 22.5. The number of hydrazine groups is 1. The number of ketones is 1. The summed E-state index contributed by atoms with van der Waals surface area (Å²) in [5.41, 5.74) is 1.33. The Morgan fingerprint density at radius 1 is 0.805 bits per heavy atom. The van der Waals surface area contributed by atoms with Crippen LogP contribution in [0.25, 0.3) is 0 Å². The molecule has 1 rings (SSSR count). The van der Waals surface area contributed by atoms with Crippen LogP contribution in [0.4, 0.5) is 17.1 Å². The summed E-state index contributed by atoms with van der Waals surface area (Å²) in [7, 11) is 0. The van der Waals surface area contributed by atoms with Gasteiger partial charge in [0.15, 0.2) is 18.8 Å². The Balaban J connectivity index is 0.000000950. The number of carbonyl (C=O) groups is 6. The van der Waals surface area contributed by atoms with Gasteiger partial charge in [0.05, 0.1) is 15.9 Å². The first-order valence-electron chi connectivity index (χ1n) is 11.2. The maximum absolute atomic E-state index is 12.3. The minimum Gasteiger partial charge on any atom is -0.462 e. The molecule has 0 bridgehead atoms. The number of hydrogen-bond donors (Lipinski definition) is 2. The Labute approximate surface area is 231 Å². The van der Waals surface area contributed by atoms with Gasteiger partial charge in [-0.1, -0.05) is 0 Å². The molecule has 3 N–H and O–H groups in total. The third-order valence-electron chi connectivity index (χ3n) is 4.31. The molecule has 41 heavy (non-hydrogen) atoms. The number of benzene rings is 1. The van der Waals surface area contributed by atoms with Crippen molar-refractivity contribution in [2.24, 2.45) is 5.84 Å². The van der Waals surface area contributed by atoms with Gasteiger partial charge in [0.1, 0.15) is 12.3 Å². The van der Waals surface area contributed by atoms with E-state index in [1.165, 1.54) is 6.07 Å². The quantitative estimate of drug-likeness (QED) is 0.103. The van der Waals surface area contributed by atoms with E-state index in [0.29, 0.717) is 0 Å². The van der Waals surface area contributed by atoms with Gasteiger partial charge in [-0.3, -0.25) is 54.8 Å². The van der Waals surface area contributed by atoms with Crippen molar-refractivity contribution in [1.29, 1.82) is 0 Å². The van der Waals surface area contributed by atoms with Crippen molar-refractivity contribution >= 4 is 52.7 Å². The lowest BCUT2D eigenvalue weighted by molar-refractivity contribution is -0.393. The summed E-state index contributed by atoms with van der Waals surface area (Å²) in [5.74, 6) is -0.0938. The fraction of sp³-hybridized carbons (Fsp3) is 0.455. The molecular formula is C22H28N4O15. The van der Waals surface area contributed by atoms with Gasteiger partial charge in [-0.25, -0.2) is 0 Å². The fourth-order valence-corrected chi connectivity index (χ4v) is 2.79. The van der Waals surface area contributed by atoms with Crippen molar-refractivity contribution in [2.45, 2.75) is 52.9 Å². The van der Waals surface area contributed by atoms with E-state index >= 15 is 0 Å². The molecule has 0 aliphatic heterocycles. The zero-order chi connectivity index (χ0) is 31.9. The molecule has 0 amide bonds. The minimum absolute atomic E-state index is 0.0283.